The summed E-state index contributed by atoms with van der Waals surface area (Å²) >= 11 is 0. The summed E-state index contributed by atoms with van der Waals surface area (Å²) in [6.07, 6.45) is 0. The number of halogens is 1. The van der Waals surface area contributed by atoms with E-state index in [0.29, 0.717) is 24.2 Å². The standard InChI is InChI=1S/C15H25FN2/c1-11(2)10-18(5)15-7-6-13(8-14(15)16)9-17-12(3)4/h6-8,11-12,17H,9-10H2,1-5H3. The normalized spacial score (nSPS) is 11.3. The maximum Gasteiger partial charge on any atom is 0.146 e. The molecule has 0 amide bonds. The van der Waals surface area contributed by atoms with Crippen LogP contribution in [0.4, 0.5) is 10.1 Å². The van der Waals surface area contributed by atoms with Gasteiger partial charge in [-0.3, -0.25) is 0 Å². The van der Waals surface area contributed by atoms with Gasteiger partial charge in [0.1, 0.15) is 5.82 Å². The third kappa shape index (κ3) is 4.65. The molecule has 0 aliphatic carbocycles. The molecule has 0 unspecified atom stereocenters. The molecule has 18 heavy (non-hydrogen) atoms. The molecule has 1 aromatic carbocycles. The van der Waals surface area contributed by atoms with Gasteiger partial charge in [-0.25, -0.2) is 4.39 Å². The highest BCUT2D eigenvalue weighted by Crippen LogP contribution is 2.20. The smallest absolute Gasteiger partial charge is 0.146 e. The third-order valence-electron chi connectivity index (χ3n) is 2.78. The van der Waals surface area contributed by atoms with Crippen LogP contribution in [0.5, 0.6) is 0 Å². The van der Waals surface area contributed by atoms with Crippen molar-refractivity contribution >= 4 is 5.69 Å². The molecule has 0 aliphatic heterocycles. The first-order valence-corrected chi connectivity index (χ1v) is 6.63. The van der Waals surface area contributed by atoms with Crippen LogP contribution < -0.4 is 10.2 Å². The van der Waals surface area contributed by atoms with Gasteiger partial charge in [0.05, 0.1) is 5.69 Å². The van der Waals surface area contributed by atoms with E-state index in [1.54, 1.807) is 6.07 Å². The summed E-state index contributed by atoms with van der Waals surface area (Å²) < 4.78 is 14.0. The van der Waals surface area contributed by atoms with Gasteiger partial charge in [0.25, 0.3) is 0 Å². The zero-order valence-corrected chi connectivity index (χ0v) is 12.1. The number of hydrogen-bond acceptors (Lipinski definition) is 2. The fourth-order valence-electron chi connectivity index (χ4n) is 1.94. The lowest BCUT2D eigenvalue weighted by molar-refractivity contribution is 0.577. The van der Waals surface area contributed by atoms with Crippen LogP contribution >= 0.6 is 0 Å². The molecule has 2 nitrogen and oxygen atoms in total. The number of anilines is 1. The molecular weight excluding hydrogens is 227 g/mol. The Balaban J connectivity index is 2.73. The lowest BCUT2D eigenvalue weighted by Crippen LogP contribution is -2.24. The monoisotopic (exact) mass is 252 g/mol. The molecule has 0 aromatic heterocycles. The highest BCUT2D eigenvalue weighted by atomic mass is 19.1. The average molecular weight is 252 g/mol. The SMILES string of the molecule is CC(C)CN(C)c1ccc(CNC(C)C)cc1F. The predicted octanol–water partition coefficient (Wildman–Crippen LogP) is 3.42. The molecule has 0 spiro atoms. The van der Waals surface area contributed by atoms with Gasteiger partial charge in [0, 0.05) is 26.2 Å². The van der Waals surface area contributed by atoms with E-state index in [0.717, 1.165) is 12.1 Å². The molecule has 0 heterocycles. The molecule has 1 N–H and O–H groups in total. The summed E-state index contributed by atoms with van der Waals surface area (Å²) in [5.74, 6) is 0.387. The minimum Gasteiger partial charge on any atom is -0.372 e. The summed E-state index contributed by atoms with van der Waals surface area (Å²) in [4.78, 5) is 1.97. The lowest BCUT2D eigenvalue weighted by atomic mass is 10.1. The minimum absolute atomic E-state index is 0.138. The van der Waals surface area contributed by atoms with Crippen molar-refractivity contribution in [3.63, 3.8) is 0 Å². The topological polar surface area (TPSA) is 15.3 Å². The van der Waals surface area contributed by atoms with Gasteiger partial charge >= 0.3 is 0 Å². The average Bonchev–Trinajstić information content (AvgIpc) is 2.25. The van der Waals surface area contributed by atoms with Crippen LogP contribution in [-0.2, 0) is 6.54 Å². The van der Waals surface area contributed by atoms with Crippen molar-refractivity contribution in [3.05, 3.63) is 29.6 Å². The zero-order valence-electron chi connectivity index (χ0n) is 12.1. The number of rotatable bonds is 6. The first-order chi connectivity index (χ1) is 8.40. The van der Waals surface area contributed by atoms with Crippen LogP contribution in [0.15, 0.2) is 18.2 Å². The maximum atomic E-state index is 14.0. The van der Waals surface area contributed by atoms with Crippen molar-refractivity contribution in [3.8, 4) is 0 Å². The highest BCUT2D eigenvalue weighted by Gasteiger charge is 2.09. The quantitative estimate of drug-likeness (QED) is 0.834. The molecule has 0 radical (unpaired) electrons. The molecule has 1 rings (SSSR count). The summed E-state index contributed by atoms with van der Waals surface area (Å²) in [6.45, 7) is 10.0. The van der Waals surface area contributed by atoms with Gasteiger partial charge in [0.2, 0.25) is 0 Å². The second-order valence-corrected chi connectivity index (χ2v) is 5.60. The predicted molar refractivity (Wildman–Crippen MR) is 76.5 cm³/mol. The van der Waals surface area contributed by atoms with E-state index in [9.17, 15) is 4.39 Å². The van der Waals surface area contributed by atoms with Crippen LogP contribution in [0.3, 0.4) is 0 Å². The van der Waals surface area contributed by atoms with Gasteiger partial charge in [-0.05, 0) is 23.6 Å². The molecule has 3 heteroatoms. The van der Waals surface area contributed by atoms with E-state index < -0.39 is 0 Å². The Labute approximate surface area is 110 Å². The number of nitrogens with one attached hydrogen (secondary N) is 1. The van der Waals surface area contributed by atoms with Crippen molar-refractivity contribution in [1.82, 2.24) is 5.32 Å². The molecule has 0 bridgehead atoms. The zero-order chi connectivity index (χ0) is 13.7. The fraction of sp³-hybridized carbons (Fsp3) is 0.600. The van der Waals surface area contributed by atoms with Crippen molar-refractivity contribution in [1.29, 1.82) is 0 Å². The van der Waals surface area contributed by atoms with E-state index in [1.165, 1.54) is 0 Å². The van der Waals surface area contributed by atoms with Crippen LogP contribution in [0.1, 0.15) is 33.3 Å². The number of benzene rings is 1. The summed E-state index contributed by atoms with van der Waals surface area (Å²) in [5, 5.41) is 3.29. The van der Waals surface area contributed by atoms with Gasteiger partial charge in [0.15, 0.2) is 0 Å². The van der Waals surface area contributed by atoms with Crippen LogP contribution in [0.25, 0.3) is 0 Å². The number of hydrogen-bond donors (Lipinski definition) is 1. The van der Waals surface area contributed by atoms with E-state index >= 15 is 0 Å². The van der Waals surface area contributed by atoms with Crippen LogP contribution in [-0.4, -0.2) is 19.6 Å². The molecule has 102 valence electrons. The Morgan fingerprint density at radius 1 is 1.22 bits per heavy atom. The van der Waals surface area contributed by atoms with Crippen molar-refractivity contribution in [2.24, 2.45) is 5.92 Å². The minimum atomic E-state index is -0.138. The Morgan fingerprint density at radius 2 is 1.89 bits per heavy atom. The van der Waals surface area contributed by atoms with Crippen molar-refractivity contribution < 1.29 is 4.39 Å². The summed E-state index contributed by atoms with van der Waals surface area (Å²) in [7, 11) is 1.93. The van der Waals surface area contributed by atoms with Crippen LogP contribution in [0, 0.1) is 11.7 Å². The summed E-state index contributed by atoms with van der Waals surface area (Å²) in [5.41, 5.74) is 1.67. The highest BCUT2D eigenvalue weighted by molar-refractivity contribution is 5.48. The van der Waals surface area contributed by atoms with Crippen molar-refractivity contribution in [2.45, 2.75) is 40.3 Å². The van der Waals surface area contributed by atoms with Gasteiger partial charge in [-0.15, -0.1) is 0 Å². The lowest BCUT2D eigenvalue weighted by Gasteiger charge is -2.22. The van der Waals surface area contributed by atoms with Gasteiger partial charge in [-0.1, -0.05) is 33.8 Å². The largest absolute Gasteiger partial charge is 0.372 e. The summed E-state index contributed by atoms with van der Waals surface area (Å²) in [6, 6.07) is 5.90. The molecule has 0 saturated heterocycles. The molecule has 0 saturated carbocycles. The van der Waals surface area contributed by atoms with Gasteiger partial charge < -0.3 is 10.2 Å². The molecule has 0 fully saturated rings. The van der Waals surface area contributed by atoms with E-state index in [-0.39, 0.29) is 5.82 Å². The van der Waals surface area contributed by atoms with E-state index in [1.807, 2.05) is 24.1 Å². The Hall–Kier alpha value is -1.09. The second-order valence-electron chi connectivity index (χ2n) is 5.60. The first-order valence-electron chi connectivity index (χ1n) is 6.63. The van der Waals surface area contributed by atoms with E-state index in [2.05, 4.69) is 33.0 Å². The fourth-order valence-corrected chi connectivity index (χ4v) is 1.94. The first kappa shape index (κ1) is 15.0. The maximum absolute atomic E-state index is 14.0. The Bertz CT molecular complexity index is 375. The molecule has 0 atom stereocenters. The van der Waals surface area contributed by atoms with Crippen molar-refractivity contribution in [2.75, 3.05) is 18.5 Å². The third-order valence-corrected chi connectivity index (χ3v) is 2.78. The molecular formula is C15H25FN2. The second kappa shape index (κ2) is 6.74. The number of nitrogens with zero attached hydrogens (tertiary/aromatic N) is 1. The molecule has 0 aliphatic rings. The van der Waals surface area contributed by atoms with E-state index in [4.69, 9.17) is 0 Å². The van der Waals surface area contributed by atoms with Gasteiger partial charge in [-0.2, -0.15) is 0 Å². The Morgan fingerprint density at radius 3 is 2.39 bits per heavy atom. The Kier molecular flexibility index (Phi) is 5.60. The van der Waals surface area contributed by atoms with Crippen LogP contribution in [0.2, 0.25) is 0 Å². The molecule has 1 aromatic rings.